The number of nitrogens with zero attached hydrogens (tertiary/aromatic N) is 2. The lowest BCUT2D eigenvalue weighted by Gasteiger charge is -2.18. The van der Waals surface area contributed by atoms with Gasteiger partial charge in [-0.15, -0.1) is 0 Å². The molecule has 0 unspecified atom stereocenters. The average Bonchev–Trinajstić information content (AvgIpc) is 2.60. The van der Waals surface area contributed by atoms with E-state index in [1.807, 2.05) is 13.0 Å². The minimum Gasteiger partial charge on any atom is -0.497 e. The second-order valence-electron chi connectivity index (χ2n) is 6.38. The van der Waals surface area contributed by atoms with Gasteiger partial charge in [-0.25, -0.2) is 9.97 Å². The van der Waals surface area contributed by atoms with Crippen molar-refractivity contribution in [3.05, 3.63) is 53.3 Å². The van der Waals surface area contributed by atoms with Crippen LogP contribution in [0.2, 0.25) is 0 Å². The van der Waals surface area contributed by atoms with Gasteiger partial charge in [0.25, 0.3) is 0 Å². The molecule has 0 aliphatic carbocycles. The van der Waals surface area contributed by atoms with Gasteiger partial charge in [0.1, 0.15) is 17.4 Å². The summed E-state index contributed by atoms with van der Waals surface area (Å²) in [5, 5.41) is 23.4. The summed E-state index contributed by atoms with van der Waals surface area (Å²) < 4.78 is 5.26. The molecule has 26 heavy (non-hydrogen) atoms. The number of anilines is 1. The third kappa shape index (κ3) is 3.64. The first-order chi connectivity index (χ1) is 12.4. The Morgan fingerprint density at radius 2 is 1.88 bits per heavy atom. The Morgan fingerprint density at radius 1 is 1.12 bits per heavy atom. The van der Waals surface area contributed by atoms with Crippen LogP contribution in [0.3, 0.4) is 0 Å². The molecule has 0 aliphatic heterocycles. The fourth-order valence-electron chi connectivity index (χ4n) is 3.01. The van der Waals surface area contributed by atoms with Crippen LogP contribution in [0.25, 0.3) is 10.9 Å². The number of aromatic nitrogens is 2. The van der Waals surface area contributed by atoms with Gasteiger partial charge in [-0.05, 0) is 32.4 Å². The van der Waals surface area contributed by atoms with E-state index >= 15 is 0 Å². The number of rotatable bonds is 5. The average molecular weight is 351 g/mol. The number of benzene rings is 2. The summed E-state index contributed by atoms with van der Waals surface area (Å²) >= 11 is 0. The highest BCUT2D eigenvalue weighted by Crippen LogP contribution is 2.27. The molecule has 3 N–H and O–H groups in total. The predicted molar refractivity (Wildman–Crippen MR) is 104 cm³/mol. The number of ether oxygens (including phenoxy) is 1. The Morgan fingerprint density at radius 3 is 2.54 bits per heavy atom. The van der Waals surface area contributed by atoms with E-state index in [1.165, 1.54) is 12.7 Å². The fourth-order valence-corrected chi connectivity index (χ4v) is 3.01. The topological polar surface area (TPSA) is 87.5 Å². The maximum atomic E-state index is 9.65. The van der Waals surface area contributed by atoms with Gasteiger partial charge in [0, 0.05) is 23.0 Å². The summed E-state index contributed by atoms with van der Waals surface area (Å²) in [5.41, 5.74) is 3.29. The smallest absolute Gasteiger partial charge is 0.492 e. The molecule has 2 aromatic carbocycles. The lowest BCUT2D eigenvalue weighted by atomic mass is 9.79. The lowest BCUT2D eigenvalue weighted by molar-refractivity contribution is 0.403. The summed E-state index contributed by atoms with van der Waals surface area (Å²) in [7, 11) is -0.155. The fraction of sp³-hybridized carbons (Fsp3) is 0.263. The molecule has 0 fully saturated rings. The van der Waals surface area contributed by atoms with Crippen molar-refractivity contribution >= 4 is 29.3 Å². The SMILES string of the molecule is COc1cc2nc(C)nc(N[C@H](C)c3cccc(C)c3)c2cc1B(O)O. The molecule has 3 rings (SSSR count). The van der Waals surface area contributed by atoms with Crippen LogP contribution in [-0.2, 0) is 0 Å². The van der Waals surface area contributed by atoms with Gasteiger partial charge >= 0.3 is 7.12 Å². The van der Waals surface area contributed by atoms with E-state index in [0.717, 1.165) is 5.56 Å². The second-order valence-corrected chi connectivity index (χ2v) is 6.38. The largest absolute Gasteiger partial charge is 0.497 e. The van der Waals surface area contributed by atoms with Crippen molar-refractivity contribution in [1.29, 1.82) is 0 Å². The lowest BCUT2D eigenvalue weighted by Crippen LogP contribution is -2.31. The summed E-state index contributed by atoms with van der Waals surface area (Å²) in [6.45, 7) is 5.94. The molecule has 6 nitrogen and oxygen atoms in total. The first kappa shape index (κ1) is 18.2. The number of methoxy groups -OCH3 is 1. The van der Waals surface area contributed by atoms with Gasteiger partial charge in [-0.1, -0.05) is 29.8 Å². The molecule has 1 aromatic heterocycles. The van der Waals surface area contributed by atoms with Crippen LogP contribution in [0.15, 0.2) is 36.4 Å². The van der Waals surface area contributed by atoms with Crippen molar-refractivity contribution in [1.82, 2.24) is 9.97 Å². The van der Waals surface area contributed by atoms with E-state index < -0.39 is 7.12 Å². The zero-order valence-corrected chi connectivity index (χ0v) is 15.3. The van der Waals surface area contributed by atoms with Gasteiger partial charge in [-0.2, -0.15) is 0 Å². The molecule has 0 spiro atoms. The van der Waals surface area contributed by atoms with Crippen molar-refractivity contribution in [3.63, 3.8) is 0 Å². The van der Waals surface area contributed by atoms with Crippen molar-refractivity contribution < 1.29 is 14.8 Å². The van der Waals surface area contributed by atoms with E-state index in [-0.39, 0.29) is 11.5 Å². The summed E-state index contributed by atoms with van der Waals surface area (Å²) in [6, 6.07) is 11.6. The van der Waals surface area contributed by atoms with Crippen molar-refractivity contribution in [2.75, 3.05) is 12.4 Å². The van der Waals surface area contributed by atoms with E-state index in [9.17, 15) is 10.0 Å². The van der Waals surface area contributed by atoms with Crippen molar-refractivity contribution in [3.8, 4) is 5.75 Å². The molecule has 134 valence electrons. The molecule has 0 bridgehead atoms. The molecule has 1 heterocycles. The van der Waals surface area contributed by atoms with Gasteiger partial charge < -0.3 is 20.1 Å². The summed E-state index contributed by atoms with van der Waals surface area (Å²) in [5.74, 6) is 1.64. The monoisotopic (exact) mass is 351 g/mol. The highest BCUT2D eigenvalue weighted by Gasteiger charge is 2.20. The quantitative estimate of drug-likeness (QED) is 0.611. The summed E-state index contributed by atoms with van der Waals surface area (Å²) in [6.07, 6.45) is 0. The molecule has 0 radical (unpaired) electrons. The zero-order chi connectivity index (χ0) is 18.8. The Kier molecular flexibility index (Phi) is 5.11. The number of fused-ring (bicyclic) bond motifs is 1. The number of aryl methyl sites for hydroxylation is 2. The van der Waals surface area contributed by atoms with E-state index in [0.29, 0.717) is 28.3 Å². The normalized spacial score (nSPS) is 12.1. The zero-order valence-electron chi connectivity index (χ0n) is 15.3. The predicted octanol–water partition coefficient (Wildman–Crippen LogP) is 2.11. The first-order valence-electron chi connectivity index (χ1n) is 8.44. The van der Waals surface area contributed by atoms with Crippen LogP contribution in [0.4, 0.5) is 5.82 Å². The molecule has 0 amide bonds. The highest BCUT2D eigenvalue weighted by atomic mass is 16.5. The van der Waals surface area contributed by atoms with Crippen LogP contribution in [0.5, 0.6) is 5.75 Å². The molecule has 0 saturated carbocycles. The number of hydrogen-bond donors (Lipinski definition) is 3. The Balaban J connectivity index is 2.08. The van der Waals surface area contributed by atoms with Crippen molar-refractivity contribution in [2.24, 2.45) is 0 Å². The molecular weight excluding hydrogens is 329 g/mol. The van der Waals surface area contributed by atoms with Gasteiger partial charge in [0.15, 0.2) is 0 Å². The number of nitrogens with one attached hydrogen (secondary N) is 1. The van der Waals surface area contributed by atoms with Crippen LogP contribution in [0, 0.1) is 13.8 Å². The van der Waals surface area contributed by atoms with E-state index in [1.54, 1.807) is 12.1 Å². The van der Waals surface area contributed by atoms with Gasteiger partial charge in [-0.3, -0.25) is 0 Å². The van der Waals surface area contributed by atoms with Crippen LogP contribution >= 0.6 is 0 Å². The third-order valence-corrected chi connectivity index (χ3v) is 4.33. The van der Waals surface area contributed by atoms with Crippen LogP contribution in [-0.4, -0.2) is 34.2 Å². The molecular formula is C19H22BN3O3. The molecule has 7 heteroatoms. The Labute approximate surface area is 153 Å². The molecule has 3 aromatic rings. The van der Waals surface area contributed by atoms with Crippen LogP contribution in [0.1, 0.15) is 29.9 Å². The highest BCUT2D eigenvalue weighted by molar-refractivity contribution is 6.60. The maximum absolute atomic E-state index is 9.65. The maximum Gasteiger partial charge on any atom is 0.492 e. The molecule has 0 saturated heterocycles. The molecule has 1 atom stereocenters. The minimum atomic E-state index is -1.64. The van der Waals surface area contributed by atoms with Gasteiger partial charge in [0.05, 0.1) is 12.6 Å². The van der Waals surface area contributed by atoms with Gasteiger partial charge in [0.2, 0.25) is 0 Å². The molecule has 0 aliphatic rings. The number of hydrogen-bond acceptors (Lipinski definition) is 6. The second kappa shape index (κ2) is 7.31. The van der Waals surface area contributed by atoms with E-state index in [2.05, 4.69) is 47.3 Å². The minimum absolute atomic E-state index is 0.0250. The Bertz CT molecular complexity index is 947. The third-order valence-electron chi connectivity index (χ3n) is 4.33. The Hall–Kier alpha value is -2.64. The van der Waals surface area contributed by atoms with Crippen LogP contribution < -0.4 is 15.5 Å². The van der Waals surface area contributed by atoms with E-state index in [4.69, 9.17) is 4.74 Å². The summed E-state index contributed by atoms with van der Waals surface area (Å²) in [4.78, 5) is 8.96. The van der Waals surface area contributed by atoms with Crippen molar-refractivity contribution in [2.45, 2.75) is 26.8 Å². The standard InChI is InChI=1S/C19H22BN3O3/c1-11-6-5-7-14(8-11)12(2)21-19-15-9-16(20(24)25)18(26-4)10-17(15)22-13(3)23-19/h5-10,12,24-25H,1-4H3,(H,21,22,23)/t12-/m1/s1. The first-order valence-corrected chi connectivity index (χ1v) is 8.44.